The van der Waals surface area contributed by atoms with E-state index in [9.17, 15) is 14.4 Å². The van der Waals surface area contributed by atoms with Crippen molar-refractivity contribution in [2.45, 2.75) is 12.8 Å². The van der Waals surface area contributed by atoms with Crippen LogP contribution < -0.4 is 5.32 Å². The minimum Gasteiger partial charge on any atom is -0.325 e. The van der Waals surface area contributed by atoms with Gasteiger partial charge >= 0.3 is 0 Å². The summed E-state index contributed by atoms with van der Waals surface area (Å²) in [4.78, 5) is 21.0. The highest BCUT2D eigenvalue weighted by atomic mass is 19.1. The van der Waals surface area contributed by atoms with Crippen molar-refractivity contribution in [3.05, 3.63) is 66.9 Å². The van der Waals surface area contributed by atoms with Crippen molar-refractivity contribution in [2.75, 3.05) is 5.32 Å². The molecule has 0 aliphatic heterocycles. The summed E-state index contributed by atoms with van der Waals surface area (Å²) in [6.45, 7) is 0. The van der Waals surface area contributed by atoms with Crippen molar-refractivity contribution in [1.29, 1.82) is 5.26 Å². The second kappa shape index (κ2) is 6.74. The number of hydrogen-bond acceptors (Lipinski definition) is 5. The van der Waals surface area contributed by atoms with E-state index in [-0.39, 0.29) is 11.6 Å². The summed E-state index contributed by atoms with van der Waals surface area (Å²) >= 11 is 0. The standard InChI is InChI=1S/C22H15FN6O/c23-17-5-4-16(27-21(30)22(13-24)6-7-22)10-19(17)29-12-15-9-14(11-26-20(15)28-29)18-3-1-2-8-25-18/h1-5,8-12H,6-7H2,(H,27,30). The summed E-state index contributed by atoms with van der Waals surface area (Å²) in [6.07, 6.45) is 6.13. The molecular weight excluding hydrogens is 383 g/mol. The Bertz CT molecular complexity index is 1320. The molecular formula is C22H15FN6O. The number of hydrogen-bond donors (Lipinski definition) is 1. The van der Waals surface area contributed by atoms with Gasteiger partial charge in [0.25, 0.3) is 0 Å². The van der Waals surface area contributed by atoms with Crippen molar-refractivity contribution < 1.29 is 9.18 Å². The van der Waals surface area contributed by atoms with Gasteiger partial charge in [-0.2, -0.15) is 5.26 Å². The number of halogens is 1. The summed E-state index contributed by atoms with van der Waals surface area (Å²) in [6, 6.07) is 13.8. The molecule has 1 aromatic carbocycles. The fraction of sp³-hybridized carbons (Fsp3) is 0.136. The molecule has 1 aliphatic rings. The normalized spacial score (nSPS) is 14.3. The van der Waals surface area contributed by atoms with E-state index in [1.54, 1.807) is 18.6 Å². The van der Waals surface area contributed by atoms with E-state index in [1.165, 1.54) is 22.9 Å². The van der Waals surface area contributed by atoms with E-state index in [0.29, 0.717) is 24.2 Å². The highest BCUT2D eigenvalue weighted by Gasteiger charge is 2.50. The predicted molar refractivity (Wildman–Crippen MR) is 108 cm³/mol. The van der Waals surface area contributed by atoms with Crippen molar-refractivity contribution in [2.24, 2.45) is 5.41 Å². The van der Waals surface area contributed by atoms with E-state index in [0.717, 1.165) is 16.6 Å². The van der Waals surface area contributed by atoms with Crippen molar-refractivity contribution in [3.63, 3.8) is 0 Å². The first kappa shape index (κ1) is 17.9. The number of carbonyl (C=O) groups is 1. The molecule has 0 bridgehead atoms. The zero-order valence-corrected chi connectivity index (χ0v) is 15.7. The largest absolute Gasteiger partial charge is 0.325 e. The van der Waals surface area contributed by atoms with Gasteiger partial charge in [-0.1, -0.05) is 6.07 Å². The maximum Gasteiger partial charge on any atom is 0.244 e. The van der Waals surface area contributed by atoms with E-state index >= 15 is 0 Å². The molecule has 0 radical (unpaired) electrons. The third-order valence-corrected chi connectivity index (χ3v) is 5.17. The molecule has 4 aromatic rings. The van der Waals surface area contributed by atoms with Crippen LogP contribution in [-0.2, 0) is 4.79 Å². The molecule has 1 saturated carbocycles. The number of nitrogens with one attached hydrogen (secondary N) is 1. The Kier molecular flexibility index (Phi) is 4.03. The van der Waals surface area contributed by atoms with Crippen LogP contribution in [0, 0.1) is 22.6 Å². The molecule has 0 atom stereocenters. The summed E-state index contributed by atoms with van der Waals surface area (Å²) < 4.78 is 15.9. The molecule has 1 amide bonds. The topological polar surface area (TPSA) is 96.5 Å². The van der Waals surface area contributed by atoms with Crippen LogP contribution in [-0.4, -0.2) is 25.7 Å². The number of anilines is 1. The molecule has 1 N–H and O–H groups in total. The zero-order chi connectivity index (χ0) is 20.7. The Morgan fingerprint density at radius 1 is 1.20 bits per heavy atom. The van der Waals surface area contributed by atoms with Gasteiger partial charge in [0, 0.05) is 35.2 Å². The number of aromatic nitrogens is 4. The lowest BCUT2D eigenvalue weighted by Crippen LogP contribution is -2.22. The van der Waals surface area contributed by atoms with Crippen molar-refractivity contribution >= 4 is 22.6 Å². The lowest BCUT2D eigenvalue weighted by Gasteiger charge is -2.10. The zero-order valence-electron chi connectivity index (χ0n) is 15.7. The number of pyridine rings is 2. The first-order valence-electron chi connectivity index (χ1n) is 9.37. The minimum atomic E-state index is -0.958. The lowest BCUT2D eigenvalue weighted by molar-refractivity contribution is -0.119. The molecule has 0 spiro atoms. The Morgan fingerprint density at radius 2 is 2.07 bits per heavy atom. The van der Waals surface area contributed by atoms with Crippen LogP contribution in [0.25, 0.3) is 28.0 Å². The number of nitrogens with zero attached hydrogens (tertiary/aromatic N) is 5. The maximum atomic E-state index is 14.5. The second-order valence-corrected chi connectivity index (χ2v) is 7.24. The van der Waals surface area contributed by atoms with Gasteiger partial charge in [-0.05, 0) is 49.2 Å². The van der Waals surface area contributed by atoms with E-state index in [2.05, 4.69) is 20.4 Å². The SMILES string of the molecule is N#CC1(C(=O)Nc2ccc(F)c(-n3cc4cc(-c5ccccn5)cnc4n3)c2)CC1. The number of fused-ring (bicyclic) bond motifs is 1. The fourth-order valence-corrected chi connectivity index (χ4v) is 3.24. The minimum absolute atomic E-state index is 0.173. The first-order valence-corrected chi connectivity index (χ1v) is 9.37. The monoisotopic (exact) mass is 398 g/mol. The quantitative estimate of drug-likeness (QED) is 0.563. The molecule has 3 aromatic heterocycles. The molecule has 3 heterocycles. The smallest absolute Gasteiger partial charge is 0.244 e. The molecule has 5 rings (SSSR count). The summed E-state index contributed by atoms with van der Waals surface area (Å²) in [7, 11) is 0. The van der Waals surface area contributed by atoms with Crippen LogP contribution in [0.2, 0.25) is 0 Å². The Balaban J connectivity index is 1.49. The fourth-order valence-electron chi connectivity index (χ4n) is 3.24. The van der Waals surface area contributed by atoms with E-state index < -0.39 is 11.2 Å². The number of amides is 1. The number of benzene rings is 1. The molecule has 0 saturated heterocycles. The van der Waals surface area contributed by atoms with Crippen LogP contribution in [0.1, 0.15) is 12.8 Å². The first-order chi connectivity index (χ1) is 14.6. The maximum absolute atomic E-state index is 14.5. The number of rotatable bonds is 4. The second-order valence-electron chi connectivity index (χ2n) is 7.24. The van der Waals surface area contributed by atoms with Gasteiger partial charge in [-0.25, -0.2) is 14.1 Å². The highest BCUT2D eigenvalue weighted by molar-refractivity contribution is 5.99. The molecule has 0 unspecified atom stereocenters. The third kappa shape index (κ3) is 3.06. The van der Waals surface area contributed by atoms with Gasteiger partial charge in [0.05, 0.1) is 11.8 Å². The summed E-state index contributed by atoms with van der Waals surface area (Å²) in [5.74, 6) is -0.859. The molecule has 30 heavy (non-hydrogen) atoms. The molecule has 1 aliphatic carbocycles. The van der Waals surface area contributed by atoms with Gasteiger partial charge in [0.2, 0.25) is 5.91 Å². The van der Waals surface area contributed by atoms with Gasteiger partial charge in [0.15, 0.2) is 5.65 Å². The van der Waals surface area contributed by atoms with E-state index in [4.69, 9.17) is 0 Å². The van der Waals surface area contributed by atoms with Gasteiger partial charge < -0.3 is 5.32 Å². The van der Waals surface area contributed by atoms with Gasteiger partial charge in [-0.3, -0.25) is 9.78 Å². The molecule has 7 nitrogen and oxygen atoms in total. The lowest BCUT2D eigenvalue weighted by atomic mass is 10.1. The Hall–Kier alpha value is -4.12. The van der Waals surface area contributed by atoms with Crippen LogP contribution in [0.15, 0.2) is 61.1 Å². The number of carbonyl (C=O) groups excluding carboxylic acids is 1. The van der Waals surface area contributed by atoms with E-state index in [1.807, 2.05) is 30.3 Å². The van der Waals surface area contributed by atoms with Crippen LogP contribution >= 0.6 is 0 Å². The Morgan fingerprint density at radius 3 is 2.80 bits per heavy atom. The molecule has 8 heteroatoms. The van der Waals surface area contributed by atoms with Crippen molar-refractivity contribution in [3.8, 4) is 23.0 Å². The van der Waals surface area contributed by atoms with Crippen LogP contribution in [0.3, 0.4) is 0 Å². The average Bonchev–Trinajstić information content (AvgIpc) is 3.47. The van der Waals surface area contributed by atoms with Gasteiger partial charge in [0.1, 0.15) is 16.9 Å². The summed E-state index contributed by atoms with van der Waals surface area (Å²) in [5.41, 5.74) is 1.69. The third-order valence-electron chi connectivity index (χ3n) is 5.17. The highest BCUT2D eigenvalue weighted by Crippen LogP contribution is 2.45. The predicted octanol–water partition coefficient (Wildman–Crippen LogP) is 3.86. The summed E-state index contributed by atoms with van der Waals surface area (Å²) in [5, 5.41) is 17.0. The Labute approximate surface area is 170 Å². The van der Waals surface area contributed by atoms with Crippen LogP contribution in [0.5, 0.6) is 0 Å². The molecule has 146 valence electrons. The average molecular weight is 398 g/mol. The number of nitriles is 1. The molecule has 1 fully saturated rings. The van der Waals surface area contributed by atoms with Crippen molar-refractivity contribution in [1.82, 2.24) is 19.7 Å². The van der Waals surface area contributed by atoms with Crippen LogP contribution in [0.4, 0.5) is 10.1 Å². The van der Waals surface area contributed by atoms with Gasteiger partial charge in [-0.15, -0.1) is 5.10 Å².